The number of carboxylic acids is 1. The molecule has 0 aliphatic heterocycles. The third-order valence-electron chi connectivity index (χ3n) is 2.67. The van der Waals surface area contributed by atoms with E-state index in [1.807, 2.05) is 0 Å². The molecule has 0 amide bonds. The average Bonchev–Trinajstić information content (AvgIpc) is 2.16. The van der Waals surface area contributed by atoms with Crippen LogP contribution in [0, 0.1) is 5.92 Å². The molecular weight excluding hydrogens is 202 g/mol. The zero-order valence-corrected chi connectivity index (χ0v) is 10.9. The summed E-state index contributed by atoms with van der Waals surface area (Å²) in [4.78, 5) is 10.6. The summed E-state index contributed by atoms with van der Waals surface area (Å²) in [6.07, 6.45) is 4.94. The normalized spacial score (nSPS) is 14.2. The van der Waals surface area contributed by atoms with E-state index in [2.05, 4.69) is 32.2 Å². The Balaban J connectivity index is 3.54. The van der Waals surface area contributed by atoms with Gasteiger partial charge in [-0.05, 0) is 33.6 Å². The maximum absolute atomic E-state index is 10.6. The second-order valence-electron chi connectivity index (χ2n) is 4.76. The molecule has 0 aromatic carbocycles. The van der Waals surface area contributed by atoms with Crippen molar-refractivity contribution in [2.75, 3.05) is 6.54 Å². The van der Waals surface area contributed by atoms with Crippen LogP contribution in [0.25, 0.3) is 0 Å². The van der Waals surface area contributed by atoms with Crippen molar-refractivity contribution in [1.29, 1.82) is 0 Å². The van der Waals surface area contributed by atoms with Crippen LogP contribution < -0.4 is 5.32 Å². The van der Waals surface area contributed by atoms with Gasteiger partial charge in [-0.25, -0.2) is 0 Å². The summed E-state index contributed by atoms with van der Waals surface area (Å²) in [5.41, 5.74) is 1.32. The molecular formula is C13H25NO2. The Bertz CT molecular complexity index is 232. The van der Waals surface area contributed by atoms with Crippen molar-refractivity contribution < 1.29 is 9.90 Å². The number of aliphatic carboxylic acids is 1. The third kappa shape index (κ3) is 8.48. The lowest BCUT2D eigenvalue weighted by Gasteiger charge is -2.13. The summed E-state index contributed by atoms with van der Waals surface area (Å²) in [5.74, 6) is -0.907. The van der Waals surface area contributed by atoms with Gasteiger partial charge in [-0.1, -0.05) is 25.0 Å². The second kappa shape index (κ2) is 8.34. The van der Waals surface area contributed by atoms with Crippen LogP contribution in [0.3, 0.4) is 0 Å². The third-order valence-corrected chi connectivity index (χ3v) is 2.67. The van der Waals surface area contributed by atoms with Gasteiger partial charge < -0.3 is 10.4 Å². The monoisotopic (exact) mass is 227 g/mol. The smallest absolute Gasteiger partial charge is 0.306 e. The van der Waals surface area contributed by atoms with E-state index in [0.29, 0.717) is 6.04 Å². The molecule has 0 aromatic rings. The standard InChI is InChI=1S/C13H25NO2/c1-10(2)8-9-14-12(4)7-5-6-11(3)13(15)16/h8,11-12,14H,5-7,9H2,1-4H3,(H,15,16). The highest BCUT2D eigenvalue weighted by Gasteiger charge is 2.10. The molecule has 0 saturated carbocycles. The lowest BCUT2D eigenvalue weighted by Crippen LogP contribution is -2.26. The summed E-state index contributed by atoms with van der Waals surface area (Å²) in [5, 5.41) is 12.1. The van der Waals surface area contributed by atoms with Crippen molar-refractivity contribution >= 4 is 5.97 Å². The van der Waals surface area contributed by atoms with Gasteiger partial charge in [0.15, 0.2) is 0 Å². The van der Waals surface area contributed by atoms with Crippen LogP contribution in [0.1, 0.15) is 47.0 Å². The van der Waals surface area contributed by atoms with Crippen LogP contribution in [0.15, 0.2) is 11.6 Å². The molecule has 0 aromatic heterocycles. The maximum atomic E-state index is 10.6. The second-order valence-corrected chi connectivity index (χ2v) is 4.76. The summed E-state index contributed by atoms with van der Waals surface area (Å²) < 4.78 is 0. The van der Waals surface area contributed by atoms with Gasteiger partial charge in [0, 0.05) is 12.6 Å². The fraction of sp³-hybridized carbons (Fsp3) is 0.769. The Hall–Kier alpha value is -0.830. The average molecular weight is 227 g/mol. The first-order valence-corrected chi connectivity index (χ1v) is 6.03. The first kappa shape index (κ1) is 15.2. The van der Waals surface area contributed by atoms with E-state index in [0.717, 1.165) is 25.8 Å². The van der Waals surface area contributed by atoms with Crippen LogP contribution >= 0.6 is 0 Å². The summed E-state index contributed by atoms with van der Waals surface area (Å²) in [6, 6.07) is 0.455. The molecule has 0 fully saturated rings. The molecule has 0 aliphatic rings. The van der Waals surface area contributed by atoms with Crippen LogP contribution in [-0.4, -0.2) is 23.7 Å². The Morgan fingerprint density at radius 2 is 1.94 bits per heavy atom. The summed E-state index contributed by atoms with van der Waals surface area (Å²) in [6.45, 7) is 8.98. The number of carbonyl (C=O) groups is 1. The predicted octanol–water partition coefficient (Wildman–Crippen LogP) is 2.82. The van der Waals surface area contributed by atoms with E-state index in [9.17, 15) is 4.79 Å². The van der Waals surface area contributed by atoms with Gasteiger partial charge >= 0.3 is 5.97 Å². The Morgan fingerprint density at radius 3 is 2.44 bits per heavy atom. The molecule has 0 rings (SSSR count). The van der Waals surface area contributed by atoms with Gasteiger partial charge in [0.05, 0.1) is 5.92 Å². The summed E-state index contributed by atoms with van der Waals surface area (Å²) in [7, 11) is 0. The Morgan fingerprint density at radius 1 is 1.31 bits per heavy atom. The fourth-order valence-corrected chi connectivity index (χ4v) is 1.42. The molecule has 2 N–H and O–H groups in total. The van der Waals surface area contributed by atoms with Crippen molar-refractivity contribution in [2.45, 2.75) is 53.0 Å². The topological polar surface area (TPSA) is 49.3 Å². The van der Waals surface area contributed by atoms with Gasteiger partial charge in [0.25, 0.3) is 0 Å². The molecule has 94 valence electrons. The zero-order valence-electron chi connectivity index (χ0n) is 10.9. The number of hydrogen-bond acceptors (Lipinski definition) is 2. The molecule has 0 bridgehead atoms. The minimum absolute atomic E-state index is 0.218. The first-order chi connectivity index (χ1) is 7.43. The quantitative estimate of drug-likeness (QED) is 0.627. The minimum atomic E-state index is -0.690. The van der Waals surface area contributed by atoms with E-state index >= 15 is 0 Å². The molecule has 3 nitrogen and oxygen atoms in total. The van der Waals surface area contributed by atoms with Crippen molar-refractivity contribution in [3.8, 4) is 0 Å². The fourth-order valence-electron chi connectivity index (χ4n) is 1.42. The highest BCUT2D eigenvalue weighted by atomic mass is 16.4. The molecule has 0 saturated heterocycles. The van der Waals surface area contributed by atoms with Crippen molar-refractivity contribution in [1.82, 2.24) is 5.32 Å². The summed E-state index contributed by atoms with van der Waals surface area (Å²) >= 11 is 0. The number of rotatable bonds is 8. The lowest BCUT2D eigenvalue weighted by molar-refractivity contribution is -0.141. The molecule has 0 radical (unpaired) electrons. The Labute approximate surface area is 98.9 Å². The van der Waals surface area contributed by atoms with Gasteiger partial charge in [-0.3, -0.25) is 4.79 Å². The van der Waals surface area contributed by atoms with Crippen LogP contribution in [-0.2, 0) is 4.79 Å². The molecule has 2 atom stereocenters. The van der Waals surface area contributed by atoms with Crippen LogP contribution in [0.5, 0.6) is 0 Å². The van der Waals surface area contributed by atoms with Crippen molar-refractivity contribution in [2.24, 2.45) is 5.92 Å². The number of nitrogens with one attached hydrogen (secondary N) is 1. The number of hydrogen-bond donors (Lipinski definition) is 2. The van der Waals surface area contributed by atoms with Gasteiger partial charge in [-0.15, -0.1) is 0 Å². The van der Waals surface area contributed by atoms with Gasteiger partial charge in [0.2, 0.25) is 0 Å². The SMILES string of the molecule is CC(C)=CCNC(C)CCCC(C)C(=O)O. The molecule has 0 spiro atoms. The highest BCUT2D eigenvalue weighted by molar-refractivity contribution is 5.69. The maximum Gasteiger partial charge on any atom is 0.306 e. The van der Waals surface area contributed by atoms with Crippen molar-refractivity contribution in [3.05, 3.63) is 11.6 Å². The first-order valence-electron chi connectivity index (χ1n) is 6.03. The molecule has 0 heterocycles. The predicted molar refractivity (Wildman–Crippen MR) is 67.5 cm³/mol. The van der Waals surface area contributed by atoms with Crippen molar-refractivity contribution in [3.63, 3.8) is 0 Å². The molecule has 0 aliphatic carbocycles. The number of allylic oxidation sites excluding steroid dienone is 1. The van der Waals surface area contributed by atoms with Crippen LogP contribution in [0.4, 0.5) is 0 Å². The van der Waals surface area contributed by atoms with E-state index in [1.165, 1.54) is 5.57 Å². The Kier molecular flexibility index (Phi) is 7.90. The zero-order chi connectivity index (χ0) is 12.6. The van der Waals surface area contributed by atoms with Gasteiger partial charge in [0.1, 0.15) is 0 Å². The van der Waals surface area contributed by atoms with Crippen LogP contribution in [0.2, 0.25) is 0 Å². The molecule has 3 heteroatoms. The highest BCUT2D eigenvalue weighted by Crippen LogP contribution is 2.09. The minimum Gasteiger partial charge on any atom is -0.481 e. The van der Waals surface area contributed by atoms with Gasteiger partial charge in [-0.2, -0.15) is 0 Å². The lowest BCUT2D eigenvalue weighted by atomic mass is 10.0. The van der Waals surface area contributed by atoms with E-state index in [1.54, 1.807) is 6.92 Å². The molecule has 2 unspecified atom stereocenters. The van der Waals surface area contributed by atoms with E-state index < -0.39 is 5.97 Å². The largest absolute Gasteiger partial charge is 0.481 e. The van der Waals surface area contributed by atoms with E-state index in [4.69, 9.17) is 5.11 Å². The molecule has 16 heavy (non-hydrogen) atoms. The number of carboxylic acid groups (broad SMARTS) is 1. The van der Waals surface area contributed by atoms with E-state index in [-0.39, 0.29) is 5.92 Å².